The van der Waals surface area contributed by atoms with Crippen molar-refractivity contribution in [2.45, 2.75) is 142 Å². The zero-order valence-electron chi connectivity index (χ0n) is 23.7. The lowest BCUT2D eigenvalue weighted by Crippen LogP contribution is -3.10. The van der Waals surface area contributed by atoms with Crippen molar-refractivity contribution in [3.05, 3.63) is 0 Å². The minimum atomic E-state index is -2.39. The maximum atomic E-state index is 12.5. The first kappa shape index (κ1) is 33.9. The molecule has 2 unspecified atom stereocenters. The van der Waals surface area contributed by atoms with Crippen molar-refractivity contribution >= 4 is 30.9 Å². The first-order chi connectivity index (χ1) is 17.8. The Morgan fingerprint density at radius 2 is 1.27 bits per heavy atom. The largest absolute Gasteiger partial charge is 0.360 e. The summed E-state index contributed by atoms with van der Waals surface area (Å²) in [4.78, 5) is 60.5. The number of amides is 1. The Morgan fingerprint density at radius 1 is 0.757 bits per heavy atom. The van der Waals surface area contributed by atoms with E-state index in [0.29, 0.717) is 13.0 Å². The van der Waals surface area contributed by atoms with E-state index in [2.05, 4.69) is 12.2 Å². The van der Waals surface area contributed by atoms with E-state index in [1.165, 1.54) is 76.0 Å². The van der Waals surface area contributed by atoms with Gasteiger partial charge in [-0.2, -0.15) is 0 Å². The van der Waals surface area contributed by atoms with Gasteiger partial charge in [0.1, 0.15) is 5.78 Å². The van der Waals surface area contributed by atoms with Crippen LogP contribution < -0.4 is 10.2 Å². The Morgan fingerprint density at radius 3 is 1.78 bits per heavy atom. The van der Waals surface area contributed by atoms with Gasteiger partial charge in [0.25, 0.3) is 0 Å². The van der Waals surface area contributed by atoms with E-state index >= 15 is 0 Å². The number of hydrogen-bond donors (Lipinski definition) is 3. The normalized spacial score (nSPS) is 15.4. The van der Waals surface area contributed by atoms with Crippen LogP contribution in [0.4, 0.5) is 0 Å². The summed E-state index contributed by atoms with van der Waals surface area (Å²) in [6.45, 7) is 6.32. The van der Waals surface area contributed by atoms with E-state index in [1.54, 1.807) is 0 Å². The van der Waals surface area contributed by atoms with Gasteiger partial charge in [-0.3, -0.25) is 19.2 Å². The fourth-order valence-corrected chi connectivity index (χ4v) is 6.12. The molecule has 0 aromatic rings. The van der Waals surface area contributed by atoms with E-state index in [9.17, 15) is 24.1 Å². The molecule has 0 radical (unpaired) electrons. The smallest absolute Gasteiger partial charge is 0.217 e. The lowest BCUT2D eigenvalue weighted by Gasteiger charge is -2.18. The van der Waals surface area contributed by atoms with Crippen molar-refractivity contribution in [2.75, 3.05) is 19.6 Å². The van der Waals surface area contributed by atoms with Gasteiger partial charge in [-0.15, -0.1) is 0 Å². The molecule has 1 amide bonds. The average molecular weight is 542 g/mol. The molecule has 0 aromatic carbocycles. The molecule has 1 saturated heterocycles. The van der Waals surface area contributed by atoms with Crippen molar-refractivity contribution in [1.82, 2.24) is 5.32 Å². The van der Waals surface area contributed by atoms with Gasteiger partial charge in [0.05, 0.1) is 26.1 Å². The van der Waals surface area contributed by atoms with Crippen LogP contribution in [0.25, 0.3) is 0 Å². The molecule has 7 nitrogen and oxygen atoms in total. The van der Waals surface area contributed by atoms with Gasteiger partial charge < -0.3 is 15.1 Å². The third-order valence-corrected chi connectivity index (χ3v) is 8.69. The van der Waals surface area contributed by atoms with E-state index < -0.39 is 25.2 Å². The molecular formula is C29H54N2O5P+. The van der Waals surface area contributed by atoms with Crippen molar-refractivity contribution in [3.8, 4) is 0 Å². The molecule has 8 heteroatoms. The number of carbonyl (C=O) groups excluding carboxylic acids is 4. The van der Waals surface area contributed by atoms with Gasteiger partial charge in [-0.05, 0) is 6.42 Å². The molecule has 37 heavy (non-hydrogen) atoms. The minimum absolute atomic E-state index is 0.0147. The van der Waals surface area contributed by atoms with E-state index in [-0.39, 0.29) is 31.0 Å². The van der Waals surface area contributed by atoms with Gasteiger partial charge in [-0.1, -0.05) is 84.0 Å². The van der Waals surface area contributed by atoms with Crippen LogP contribution >= 0.6 is 8.15 Å². The third kappa shape index (κ3) is 17.9. The number of likely N-dealkylation sites (tertiary alicyclic amines) is 1. The van der Waals surface area contributed by atoms with Crippen molar-refractivity contribution < 1.29 is 29.0 Å². The summed E-state index contributed by atoms with van der Waals surface area (Å²) in [5, 5.41) is 2.66. The Hall–Kier alpha value is -1.17. The van der Waals surface area contributed by atoms with Gasteiger partial charge >= 0.3 is 0 Å². The van der Waals surface area contributed by atoms with Gasteiger partial charge in [0.2, 0.25) is 5.91 Å². The van der Waals surface area contributed by atoms with Gasteiger partial charge in [0, 0.05) is 45.1 Å². The first-order valence-electron chi connectivity index (χ1n) is 15.0. The van der Waals surface area contributed by atoms with Crippen LogP contribution in [0.2, 0.25) is 0 Å². The molecule has 0 aliphatic carbocycles. The fourth-order valence-electron chi connectivity index (χ4n) is 5.13. The van der Waals surface area contributed by atoms with Gasteiger partial charge in [-0.25, -0.2) is 0 Å². The summed E-state index contributed by atoms with van der Waals surface area (Å²) in [6.07, 6.45) is 19.0. The maximum Gasteiger partial charge on any atom is 0.217 e. The Kier molecular flexibility index (Phi) is 19.9. The number of rotatable bonds is 24. The second-order valence-corrected chi connectivity index (χ2v) is 12.5. The molecular weight excluding hydrogens is 487 g/mol. The lowest BCUT2D eigenvalue weighted by molar-refractivity contribution is -0.886. The molecule has 0 saturated carbocycles. The van der Waals surface area contributed by atoms with Crippen molar-refractivity contribution in [1.29, 1.82) is 0 Å². The summed E-state index contributed by atoms with van der Waals surface area (Å²) in [5.41, 5.74) is -0.955. The molecule has 1 fully saturated rings. The van der Waals surface area contributed by atoms with Crippen LogP contribution in [-0.4, -0.2) is 53.3 Å². The summed E-state index contributed by atoms with van der Waals surface area (Å²) in [6, 6.07) is -0.659. The molecule has 2 atom stereocenters. The highest BCUT2D eigenvalue weighted by Crippen LogP contribution is 2.35. The summed E-state index contributed by atoms with van der Waals surface area (Å²) in [7, 11) is -2.39. The fraction of sp³-hybridized carbons (Fsp3) is 0.862. The Bertz CT molecular complexity index is 667. The predicted octanol–water partition coefficient (Wildman–Crippen LogP) is 4.83. The maximum absolute atomic E-state index is 12.5. The highest BCUT2D eigenvalue weighted by molar-refractivity contribution is 7.84. The second-order valence-electron chi connectivity index (χ2n) is 10.9. The minimum Gasteiger partial charge on any atom is -0.360 e. The molecule has 214 valence electrons. The molecule has 1 heterocycles. The SMILES string of the molecule is CCCCCCCCCCCCCCCC(=O)CC(CC(=O)P(O)C(=O)CC[NH+]1CCCC1)NC(C)=O. The van der Waals surface area contributed by atoms with Crippen molar-refractivity contribution in [2.24, 2.45) is 0 Å². The third-order valence-electron chi connectivity index (χ3n) is 7.34. The zero-order valence-corrected chi connectivity index (χ0v) is 24.6. The van der Waals surface area contributed by atoms with Crippen LogP contribution in [0.5, 0.6) is 0 Å². The number of unbranched alkanes of at least 4 members (excludes halogenated alkanes) is 12. The summed E-state index contributed by atoms with van der Waals surface area (Å²) >= 11 is 0. The molecule has 1 rings (SSSR count). The predicted molar refractivity (Wildman–Crippen MR) is 151 cm³/mol. The molecule has 1 aliphatic rings. The number of hydrogen-bond acceptors (Lipinski definition) is 5. The average Bonchev–Trinajstić information content (AvgIpc) is 3.38. The van der Waals surface area contributed by atoms with Crippen LogP contribution in [0.3, 0.4) is 0 Å². The number of carbonyl (C=O) groups is 4. The Labute approximate surface area is 226 Å². The van der Waals surface area contributed by atoms with Crippen LogP contribution in [-0.2, 0) is 19.2 Å². The number of nitrogens with one attached hydrogen (secondary N) is 2. The number of ketones is 1. The first-order valence-corrected chi connectivity index (χ1v) is 16.3. The summed E-state index contributed by atoms with van der Waals surface area (Å²) < 4.78 is 0. The van der Waals surface area contributed by atoms with E-state index in [1.807, 2.05) is 0 Å². The Balaban J connectivity index is 2.19. The number of Topliss-reactive ketones (excluding diaryl/α,β-unsaturated/α-hetero) is 1. The standard InChI is InChI=1S/C29H53N2O5P/c1-3-4-5-6-7-8-9-10-11-12-13-14-15-18-27(33)23-26(30-25(2)32)24-29(35)37(36)28(34)19-22-31-20-16-17-21-31/h26,36H,3-24H2,1-2H3,(H,30,32)/p+1. The highest BCUT2D eigenvalue weighted by Gasteiger charge is 2.29. The molecule has 1 aliphatic heterocycles. The highest BCUT2D eigenvalue weighted by atomic mass is 31.1. The van der Waals surface area contributed by atoms with E-state index in [4.69, 9.17) is 0 Å². The lowest BCUT2D eigenvalue weighted by atomic mass is 10.0. The van der Waals surface area contributed by atoms with Crippen LogP contribution in [0, 0.1) is 0 Å². The monoisotopic (exact) mass is 541 g/mol. The zero-order chi connectivity index (χ0) is 27.3. The molecule has 0 aromatic heterocycles. The summed E-state index contributed by atoms with van der Waals surface area (Å²) in [5.74, 6) is -0.307. The quantitative estimate of drug-likeness (QED) is 0.120. The number of quaternary nitrogens is 1. The van der Waals surface area contributed by atoms with Crippen molar-refractivity contribution in [3.63, 3.8) is 0 Å². The molecule has 0 bridgehead atoms. The topological polar surface area (TPSA) is 105 Å². The van der Waals surface area contributed by atoms with Gasteiger partial charge in [0.15, 0.2) is 19.2 Å². The molecule has 0 spiro atoms. The molecule has 3 N–H and O–H groups in total. The van der Waals surface area contributed by atoms with Crippen LogP contribution in [0.15, 0.2) is 0 Å². The van der Waals surface area contributed by atoms with Crippen LogP contribution in [0.1, 0.15) is 136 Å². The van der Waals surface area contributed by atoms with E-state index in [0.717, 1.165) is 45.2 Å². The second kappa shape index (κ2) is 21.7.